The van der Waals surface area contributed by atoms with Crippen molar-refractivity contribution in [2.45, 2.75) is 39.5 Å². The minimum atomic E-state index is 0.746. The number of rotatable bonds is 1. The van der Waals surface area contributed by atoms with Crippen LogP contribution in [0.25, 0.3) is 0 Å². The van der Waals surface area contributed by atoms with Crippen molar-refractivity contribution in [2.75, 3.05) is 0 Å². The van der Waals surface area contributed by atoms with E-state index < -0.39 is 0 Å². The molecule has 0 N–H and O–H groups in total. The summed E-state index contributed by atoms with van der Waals surface area (Å²) in [6.45, 7) is 4.66. The Morgan fingerprint density at radius 3 is 2.77 bits per heavy atom. The lowest BCUT2D eigenvalue weighted by atomic mass is 9.70. The maximum Gasteiger partial charge on any atom is 0.000779 e. The molecule has 0 saturated carbocycles. The lowest BCUT2D eigenvalue weighted by Gasteiger charge is -2.34. The van der Waals surface area contributed by atoms with Gasteiger partial charge in [0.25, 0.3) is 0 Å². The standard InChI is InChI=1S/C13H20/c1-10(2)12-9-5-7-11-6-3-4-8-13(11)12/h4,8-11,13H,3,5-7H2,1-2H3. The first-order valence-electron chi connectivity index (χ1n) is 5.65. The summed E-state index contributed by atoms with van der Waals surface area (Å²) < 4.78 is 0. The van der Waals surface area contributed by atoms with E-state index in [-0.39, 0.29) is 0 Å². The van der Waals surface area contributed by atoms with Crippen LogP contribution in [0, 0.1) is 17.8 Å². The largest absolute Gasteiger partial charge is 0.0879 e. The van der Waals surface area contributed by atoms with Crippen LogP contribution in [0.3, 0.4) is 0 Å². The number of hydrogen-bond acceptors (Lipinski definition) is 0. The molecule has 0 aromatic heterocycles. The molecule has 0 nitrogen and oxygen atoms in total. The van der Waals surface area contributed by atoms with Gasteiger partial charge < -0.3 is 0 Å². The molecule has 0 spiro atoms. The van der Waals surface area contributed by atoms with Gasteiger partial charge in [0.2, 0.25) is 0 Å². The zero-order valence-electron chi connectivity index (χ0n) is 8.79. The lowest BCUT2D eigenvalue weighted by Crippen LogP contribution is -2.23. The third-order valence-corrected chi connectivity index (χ3v) is 3.52. The molecule has 2 atom stereocenters. The first-order chi connectivity index (χ1) is 6.29. The highest BCUT2D eigenvalue weighted by molar-refractivity contribution is 5.21. The fraction of sp³-hybridized carbons (Fsp3) is 0.692. The SMILES string of the molecule is CC(C)C1=CCCC2CCC=CC12. The summed E-state index contributed by atoms with van der Waals surface area (Å²) in [5, 5.41) is 0. The molecule has 0 heteroatoms. The van der Waals surface area contributed by atoms with E-state index in [1.54, 1.807) is 5.57 Å². The molecular formula is C13H20. The van der Waals surface area contributed by atoms with Crippen LogP contribution >= 0.6 is 0 Å². The number of fused-ring (bicyclic) bond motifs is 1. The first kappa shape index (κ1) is 9.05. The van der Waals surface area contributed by atoms with E-state index in [0.717, 1.165) is 17.8 Å². The average Bonchev–Trinajstić information content (AvgIpc) is 2.17. The molecular weight excluding hydrogens is 156 g/mol. The third kappa shape index (κ3) is 1.72. The normalized spacial score (nSPS) is 33.0. The van der Waals surface area contributed by atoms with Crippen molar-refractivity contribution in [3.8, 4) is 0 Å². The molecule has 72 valence electrons. The molecule has 0 heterocycles. The smallest absolute Gasteiger partial charge is 0.000779 e. The summed E-state index contributed by atoms with van der Waals surface area (Å²) in [6, 6.07) is 0. The minimum absolute atomic E-state index is 0.746. The highest BCUT2D eigenvalue weighted by Crippen LogP contribution is 2.40. The predicted molar refractivity (Wildman–Crippen MR) is 57.5 cm³/mol. The van der Waals surface area contributed by atoms with Gasteiger partial charge in [0.1, 0.15) is 0 Å². The molecule has 0 amide bonds. The maximum atomic E-state index is 2.49. The van der Waals surface area contributed by atoms with Crippen molar-refractivity contribution in [3.05, 3.63) is 23.8 Å². The molecule has 2 unspecified atom stereocenters. The van der Waals surface area contributed by atoms with Gasteiger partial charge in [-0.15, -0.1) is 0 Å². The Balaban J connectivity index is 2.22. The second kappa shape index (κ2) is 3.69. The summed E-state index contributed by atoms with van der Waals surface area (Å²) in [4.78, 5) is 0. The predicted octanol–water partition coefficient (Wildman–Crippen LogP) is 3.95. The van der Waals surface area contributed by atoms with Gasteiger partial charge in [-0.1, -0.05) is 37.6 Å². The van der Waals surface area contributed by atoms with Gasteiger partial charge in [-0.05, 0) is 37.5 Å². The summed E-state index contributed by atoms with van der Waals surface area (Å²) in [7, 11) is 0. The minimum Gasteiger partial charge on any atom is -0.0879 e. The Hall–Kier alpha value is -0.520. The van der Waals surface area contributed by atoms with E-state index in [9.17, 15) is 0 Å². The van der Waals surface area contributed by atoms with E-state index in [1.807, 2.05) is 0 Å². The summed E-state index contributed by atoms with van der Waals surface area (Å²) in [5.41, 5.74) is 1.70. The molecule has 0 aliphatic heterocycles. The molecule has 2 aliphatic rings. The second-order valence-electron chi connectivity index (χ2n) is 4.73. The molecule has 13 heavy (non-hydrogen) atoms. The van der Waals surface area contributed by atoms with E-state index in [0.29, 0.717) is 0 Å². The fourth-order valence-electron chi connectivity index (χ4n) is 2.82. The zero-order chi connectivity index (χ0) is 9.26. The Kier molecular flexibility index (Phi) is 2.57. The molecule has 0 bridgehead atoms. The second-order valence-corrected chi connectivity index (χ2v) is 4.73. The van der Waals surface area contributed by atoms with Crippen LogP contribution in [0.1, 0.15) is 39.5 Å². The van der Waals surface area contributed by atoms with Gasteiger partial charge >= 0.3 is 0 Å². The van der Waals surface area contributed by atoms with E-state index in [2.05, 4.69) is 32.1 Å². The van der Waals surface area contributed by atoms with Crippen LogP contribution in [-0.4, -0.2) is 0 Å². The summed E-state index contributed by atoms with van der Waals surface area (Å²) in [5.74, 6) is 2.51. The van der Waals surface area contributed by atoms with Gasteiger partial charge in [-0.3, -0.25) is 0 Å². The molecule has 0 fully saturated rings. The molecule has 0 saturated heterocycles. The molecule has 0 aromatic carbocycles. The first-order valence-corrected chi connectivity index (χ1v) is 5.65. The topological polar surface area (TPSA) is 0 Å². The Bertz CT molecular complexity index is 232. The van der Waals surface area contributed by atoms with Crippen molar-refractivity contribution in [1.82, 2.24) is 0 Å². The van der Waals surface area contributed by atoms with Gasteiger partial charge in [-0.2, -0.15) is 0 Å². The van der Waals surface area contributed by atoms with Crippen LogP contribution in [0.5, 0.6) is 0 Å². The number of hydrogen-bond donors (Lipinski definition) is 0. The molecule has 0 radical (unpaired) electrons. The van der Waals surface area contributed by atoms with Crippen molar-refractivity contribution >= 4 is 0 Å². The lowest BCUT2D eigenvalue weighted by molar-refractivity contribution is 0.336. The Morgan fingerprint density at radius 1 is 1.23 bits per heavy atom. The molecule has 0 aromatic rings. The highest BCUT2D eigenvalue weighted by atomic mass is 14.3. The van der Waals surface area contributed by atoms with Crippen molar-refractivity contribution in [1.29, 1.82) is 0 Å². The van der Waals surface area contributed by atoms with Gasteiger partial charge in [0.05, 0.1) is 0 Å². The van der Waals surface area contributed by atoms with Crippen LogP contribution in [-0.2, 0) is 0 Å². The quantitative estimate of drug-likeness (QED) is 0.531. The van der Waals surface area contributed by atoms with E-state index in [1.165, 1.54) is 25.7 Å². The van der Waals surface area contributed by atoms with Gasteiger partial charge in [-0.25, -0.2) is 0 Å². The van der Waals surface area contributed by atoms with Gasteiger partial charge in [0.15, 0.2) is 0 Å². The molecule has 2 aliphatic carbocycles. The third-order valence-electron chi connectivity index (χ3n) is 3.52. The van der Waals surface area contributed by atoms with Crippen LogP contribution < -0.4 is 0 Å². The summed E-state index contributed by atoms with van der Waals surface area (Å²) in [6.07, 6.45) is 12.8. The van der Waals surface area contributed by atoms with Crippen molar-refractivity contribution in [2.24, 2.45) is 17.8 Å². The maximum absolute atomic E-state index is 2.49. The zero-order valence-corrected chi connectivity index (χ0v) is 8.79. The fourth-order valence-corrected chi connectivity index (χ4v) is 2.82. The van der Waals surface area contributed by atoms with E-state index in [4.69, 9.17) is 0 Å². The van der Waals surface area contributed by atoms with Crippen LogP contribution in [0.15, 0.2) is 23.8 Å². The summed E-state index contributed by atoms with van der Waals surface area (Å²) >= 11 is 0. The Labute approximate surface area is 81.7 Å². The van der Waals surface area contributed by atoms with Crippen molar-refractivity contribution in [3.63, 3.8) is 0 Å². The van der Waals surface area contributed by atoms with Crippen LogP contribution in [0.2, 0.25) is 0 Å². The monoisotopic (exact) mass is 176 g/mol. The van der Waals surface area contributed by atoms with Crippen LogP contribution in [0.4, 0.5) is 0 Å². The van der Waals surface area contributed by atoms with Crippen molar-refractivity contribution < 1.29 is 0 Å². The Morgan fingerprint density at radius 2 is 2.00 bits per heavy atom. The number of allylic oxidation sites excluding steroid dienone is 4. The van der Waals surface area contributed by atoms with Gasteiger partial charge in [0, 0.05) is 5.92 Å². The average molecular weight is 176 g/mol. The highest BCUT2D eigenvalue weighted by Gasteiger charge is 2.28. The van der Waals surface area contributed by atoms with E-state index >= 15 is 0 Å². The molecule has 2 rings (SSSR count).